The molecule has 1 aliphatic heterocycles. The fourth-order valence-electron chi connectivity index (χ4n) is 6.62. The predicted octanol–water partition coefficient (Wildman–Crippen LogP) is 3.89. The van der Waals surface area contributed by atoms with Crippen molar-refractivity contribution in [2.45, 2.75) is 136 Å². The standard InChI is InChI=1S/C18H26F3NO5S.C11H22O4.C7H14O2.K/c1-4-15(2,3)14(24)27-17-8-11-5-12(9-17)7-16(6-11,10-17)13(23)22-28(25,26)18(19,20)21;1-5-11(2,3)10(12)15-9-8-14-7-6-13-4;1-3-6(2)8-4-7-5-9-7;/h11-12H,4-10H2,1-3H3,(H,22,23);5-9H2,1-4H3;6-7H,3-5H2,1-2H3;/q;;;+1/p-1. The van der Waals surface area contributed by atoms with Gasteiger partial charge in [0.1, 0.15) is 18.3 Å². The number of ether oxygens (including phenoxy) is 6. The van der Waals surface area contributed by atoms with Crippen molar-refractivity contribution >= 4 is 27.9 Å². The van der Waals surface area contributed by atoms with E-state index >= 15 is 0 Å². The van der Waals surface area contributed by atoms with Crippen molar-refractivity contribution < 1.29 is 116 Å². The van der Waals surface area contributed by atoms with Crippen LogP contribution in [-0.4, -0.2) is 96.3 Å². The molecular formula is C36H61F3KNO11S. The summed E-state index contributed by atoms with van der Waals surface area (Å²) in [6, 6.07) is 0. The van der Waals surface area contributed by atoms with E-state index < -0.39 is 49.3 Å². The third-order valence-electron chi connectivity index (χ3n) is 10.6. The van der Waals surface area contributed by atoms with Crippen molar-refractivity contribution in [1.82, 2.24) is 0 Å². The van der Waals surface area contributed by atoms with Crippen LogP contribution in [0.3, 0.4) is 0 Å². The van der Waals surface area contributed by atoms with Crippen LogP contribution in [0.5, 0.6) is 0 Å². The molecule has 304 valence electrons. The number of amides is 1. The molecule has 4 unspecified atom stereocenters. The normalized spacial score (nSPS) is 26.5. The molecule has 4 saturated carbocycles. The fourth-order valence-corrected chi connectivity index (χ4v) is 7.13. The van der Waals surface area contributed by atoms with Gasteiger partial charge in [-0.25, -0.2) is 8.42 Å². The van der Waals surface area contributed by atoms with Gasteiger partial charge in [-0.3, -0.25) is 9.59 Å². The van der Waals surface area contributed by atoms with Gasteiger partial charge < -0.3 is 37.9 Å². The Labute approximate surface area is 356 Å². The zero-order valence-electron chi connectivity index (χ0n) is 33.4. The molecule has 1 amide bonds. The molecule has 4 aliphatic carbocycles. The van der Waals surface area contributed by atoms with Gasteiger partial charge in [0.15, 0.2) is 10.0 Å². The summed E-state index contributed by atoms with van der Waals surface area (Å²) in [4.78, 5) is 36.8. The Hall–Kier alpha value is -0.374. The molecule has 1 saturated heterocycles. The second-order valence-electron chi connectivity index (χ2n) is 15.9. The van der Waals surface area contributed by atoms with Gasteiger partial charge in [-0.15, -0.1) is 0 Å². The van der Waals surface area contributed by atoms with Gasteiger partial charge in [-0.05, 0) is 104 Å². The van der Waals surface area contributed by atoms with Crippen molar-refractivity contribution in [2.24, 2.45) is 28.1 Å². The van der Waals surface area contributed by atoms with Crippen LogP contribution in [0.1, 0.15) is 113 Å². The van der Waals surface area contributed by atoms with Gasteiger partial charge in [0.05, 0.1) is 55.9 Å². The maximum atomic E-state index is 12.7. The Morgan fingerprint density at radius 3 is 1.89 bits per heavy atom. The molecule has 4 bridgehead atoms. The largest absolute Gasteiger partial charge is 1.00 e. The molecule has 0 N–H and O–H groups in total. The van der Waals surface area contributed by atoms with E-state index in [0.29, 0.717) is 57.9 Å². The fraction of sp³-hybridized carbons (Fsp3) is 0.917. The van der Waals surface area contributed by atoms with Crippen LogP contribution in [0, 0.1) is 28.1 Å². The van der Waals surface area contributed by atoms with Crippen LogP contribution in [0.15, 0.2) is 0 Å². The van der Waals surface area contributed by atoms with E-state index in [2.05, 4.69) is 18.6 Å². The molecule has 17 heteroatoms. The predicted molar refractivity (Wildman–Crippen MR) is 187 cm³/mol. The van der Waals surface area contributed by atoms with Crippen LogP contribution in [-0.2, 0) is 52.8 Å². The number of sulfonamides is 1. The number of hydrogen-bond donors (Lipinski definition) is 0. The Morgan fingerprint density at radius 2 is 1.42 bits per heavy atom. The average Bonchev–Trinajstić information content (AvgIpc) is 3.89. The minimum Gasteiger partial charge on any atom is -0.538 e. The van der Waals surface area contributed by atoms with Gasteiger partial charge in [0.25, 0.3) is 0 Å². The first-order valence-corrected chi connectivity index (χ1v) is 19.7. The molecule has 5 rings (SSSR count). The number of rotatable bonds is 17. The monoisotopic (exact) mass is 811 g/mol. The third kappa shape index (κ3) is 15.5. The topological polar surface area (TPSA) is 158 Å². The van der Waals surface area contributed by atoms with Crippen LogP contribution < -0.4 is 51.4 Å². The van der Waals surface area contributed by atoms with Gasteiger partial charge in [0, 0.05) is 12.5 Å². The van der Waals surface area contributed by atoms with Crippen molar-refractivity contribution in [3.63, 3.8) is 0 Å². The van der Waals surface area contributed by atoms with Gasteiger partial charge >= 0.3 is 68.8 Å². The molecule has 53 heavy (non-hydrogen) atoms. The number of nitrogens with zero attached hydrogens (tertiary/aromatic N) is 1. The SMILES string of the molecule is CCC(C)(C)C(=O)OC12CC3CC(C1)CC(C(=O)[N-]S(=O)(=O)C(F)(F)F)(C3)C2.CCC(C)(C)C(=O)OCCOCCOC.CCC(C)OCC1CO1.[K+]. The van der Waals surface area contributed by atoms with E-state index in [-0.39, 0.29) is 88.5 Å². The number of alkyl halides is 3. The van der Waals surface area contributed by atoms with Crippen LogP contribution in [0.4, 0.5) is 13.2 Å². The maximum absolute atomic E-state index is 12.7. The van der Waals surface area contributed by atoms with E-state index in [1.165, 1.54) is 0 Å². The number of carbonyl (C=O) groups is 3. The molecular weight excluding hydrogens is 751 g/mol. The third-order valence-corrected chi connectivity index (χ3v) is 11.6. The van der Waals surface area contributed by atoms with Crippen LogP contribution in [0.25, 0.3) is 4.72 Å². The van der Waals surface area contributed by atoms with E-state index in [1.807, 2.05) is 27.7 Å². The first-order valence-electron chi connectivity index (χ1n) is 18.3. The van der Waals surface area contributed by atoms with Crippen molar-refractivity contribution in [3.05, 3.63) is 4.72 Å². The minimum absolute atomic E-state index is 0. The molecule has 5 aliphatic rings. The number of carbonyl (C=O) groups excluding carboxylic acids is 3. The smallest absolute Gasteiger partial charge is 0.538 e. The van der Waals surface area contributed by atoms with Crippen molar-refractivity contribution in [2.75, 3.05) is 46.8 Å². The van der Waals surface area contributed by atoms with E-state index in [4.69, 9.17) is 28.4 Å². The van der Waals surface area contributed by atoms with E-state index in [9.17, 15) is 36.0 Å². The molecule has 0 aromatic rings. The molecule has 0 spiro atoms. The number of hydrogen-bond acceptors (Lipinski definition) is 11. The minimum atomic E-state index is -5.89. The summed E-state index contributed by atoms with van der Waals surface area (Å²) >= 11 is 0. The molecule has 1 heterocycles. The van der Waals surface area contributed by atoms with Crippen LogP contribution in [0.2, 0.25) is 0 Å². The van der Waals surface area contributed by atoms with E-state index in [1.54, 1.807) is 21.0 Å². The van der Waals surface area contributed by atoms with Gasteiger partial charge in [0.2, 0.25) is 0 Å². The first-order chi connectivity index (χ1) is 24.0. The Morgan fingerprint density at radius 1 is 0.887 bits per heavy atom. The molecule has 0 aromatic heterocycles. The quantitative estimate of drug-likeness (QED) is 0.0909. The molecule has 0 aromatic carbocycles. The number of halogens is 3. The maximum Gasteiger partial charge on any atom is 1.00 e. The summed E-state index contributed by atoms with van der Waals surface area (Å²) in [7, 11) is -4.27. The summed E-state index contributed by atoms with van der Waals surface area (Å²) in [5.41, 5.74) is -8.96. The Kier molecular flexibility index (Phi) is 20.5. The van der Waals surface area contributed by atoms with Crippen LogP contribution >= 0.6 is 0 Å². The number of methoxy groups -OCH3 is 1. The summed E-state index contributed by atoms with van der Waals surface area (Å²) < 4.78 is 94.7. The zero-order valence-corrected chi connectivity index (χ0v) is 37.3. The van der Waals surface area contributed by atoms with Gasteiger partial charge in [-0.1, -0.05) is 20.8 Å². The molecule has 4 atom stereocenters. The molecule has 12 nitrogen and oxygen atoms in total. The van der Waals surface area contributed by atoms with Crippen molar-refractivity contribution in [3.8, 4) is 0 Å². The number of esters is 2. The average molecular weight is 812 g/mol. The number of epoxide rings is 1. The molecule has 0 radical (unpaired) electrons. The van der Waals surface area contributed by atoms with Gasteiger partial charge in [-0.2, -0.15) is 13.2 Å². The summed E-state index contributed by atoms with van der Waals surface area (Å²) in [5, 5.41) is 0. The summed E-state index contributed by atoms with van der Waals surface area (Å²) in [6.45, 7) is 18.8. The molecule has 5 fully saturated rings. The zero-order chi connectivity index (χ0) is 39.6. The summed E-state index contributed by atoms with van der Waals surface area (Å²) in [6.07, 6.45) is 5.75. The second-order valence-corrected chi connectivity index (χ2v) is 17.5. The van der Waals surface area contributed by atoms with E-state index in [0.717, 1.165) is 32.5 Å². The van der Waals surface area contributed by atoms with Crippen molar-refractivity contribution in [1.29, 1.82) is 0 Å². The Bertz CT molecular complexity index is 1280. The summed E-state index contributed by atoms with van der Waals surface area (Å²) in [5.74, 6) is -1.81. The second kappa shape index (κ2) is 21.4. The first kappa shape index (κ1) is 50.6. The Balaban J connectivity index is 0.000000470.